The Morgan fingerprint density at radius 3 is 2.64 bits per heavy atom. The molecule has 0 radical (unpaired) electrons. The van der Waals surface area contributed by atoms with E-state index in [1.54, 1.807) is 0 Å². The van der Waals surface area contributed by atoms with Crippen LogP contribution in [0.4, 0.5) is 0 Å². The van der Waals surface area contributed by atoms with Crippen LogP contribution in [0.25, 0.3) is 0 Å². The molecule has 0 aromatic heterocycles. The third kappa shape index (κ3) is 8.82. The van der Waals surface area contributed by atoms with Crippen LogP contribution in [0.1, 0.15) is 25.3 Å². The lowest BCUT2D eigenvalue weighted by molar-refractivity contribution is 0.308. The standard InChI is InChI=1S/C17H29N3OS/c1-4-18-17(20-12-14-22-3)19-11-5-6-13-21-16-9-7-15(2)8-10-16/h7-10H,4-6,11-14H2,1-3H3,(H2,18,19,20). The predicted octanol–water partition coefficient (Wildman–Crippen LogP) is 3.07. The van der Waals surface area contributed by atoms with Gasteiger partial charge in [0.1, 0.15) is 5.75 Å². The first-order chi connectivity index (χ1) is 10.8. The summed E-state index contributed by atoms with van der Waals surface area (Å²) in [4.78, 5) is 4.57. The van der Waals surface area contributed by atoms with Gasteiger partial charge in [-0.1, -0.05) is 17.7 Å². The van der Waals surface area contributed by atoms with Gasteiger partial charge in [0.05, 0.1) is 6.61 Å². The van der Waals surface area contributed by atoms with Crippen molar-refractivity contribution in [2.75, 3.05) is 38.2 Å². The highest BCUT2D eigenvalue weighted by molar-refractivity contribution is 7.98. The van der Waals surface area contributed by atoms with E-state index in [2.05, 4.69) is 47.9 Å². The van der Waals surface area contributed by atoms with Crippen molar-refractivity contribution >= 4 is 17.7 Å². The summed E-state index contributed by atoms with van der Waals surface area (Å²) in [5.74, 6) is 2.95. The maximum atomic E-state index is 5.71. The molecule has 1 aromatic rings. The highest BCUT2D eigenvalue weighted by Gasteiger charge is 1.96. The molecular weight excluding hydrogens is 294 g/mol. The van der Waals surface area contributed by atoms with Gasteiger partial charge in [-0.3, -0.25) is 4.99 Å². The molecule has 0 heterocycles. The van der Waals surface area contributed by atoms with E-state index >= 15 is 0 Å². The molecule has 0 spiro atoms. The number of unbranched alkanes of at least 4 members (excludes halogenated alkanes) is 1. The van der Waals surface area contributed by atoms with Crippen LogP contribution in [-0.2, 0) is 0 Å². The van der Waals surface area contributed by atoms with Crippen LogP contribution < -0.4 is 15.4 Å². The van der Waals surface area contributed by atoms with Crippen LogP contribution in [0, 0.1) is 6.92 Å². The number of benzene rings is 1. The Labute approximate surface area is 139 Å². The molecule has 1 rings (SSSR count). The van der Waals surface area contributed by atoms with Crippen LogP contribution in [0.2, 0.25) is 0 Å². The molecule has 124 valence electrons. The van der Waals surface area contributed by atoms with Gasteiger partial charge in [0.15, 0.2) is 5.96 Å². The molecule has 0 unspecified atom stereocenters. The first-order valence-corrected chi connectivity index (χ1v) is 9.36. The minimum Gasteiger partial charge on any atom is -0.494 e. The highest BCUT2D eigenvalue weighted by atomic mass is 32.2. The number of rotatable bonds is 10. The largest absolute Gasteiger partial charge is 0.494 e. The minimum absolute atomic E-state index is 0.745. The maximum absolute atomic E-state index is 5.71. The normalized spacial score (nSPS) is 11.3. The van der Waals surface area contributed by atoms with Crippen LogP contribution in [0.5, 0.6) is 5.75 Å². The Morgan fingerprint density at radius 2 is 1.95 bits per heavy atom. The van der Waals surface area contributed by atoms with Crippen molar-refractivity contribution in [2.24, 2.45) is 4.99 Å². The molecule has 2 N–H and O–H groups in total. The van der Waals surface area contributed by atoms with Gasteiger partial charge in [0.2, 0.25) is 0 Å². The van der Waals surface area contributed by atoms with Crippen molar-refractivity contribution in [3.63, 3.8) is 0 Å². The number of ether oxygens (including phenoxy) is 1. The fraction of sp³-hybridized carbons (Fsp3) is 0.588. The van der Waals surface area contributed by atoms with Gasteiger partial charge in [-0.25, -0.2) is 0 Å². The van der Waals surface area contributed by atoms with Crippen LogP contribution in [0.15, 0.2) is 29.3 Å². The molecule has 22 heavy (non-hydrogen) atoms. The quantitative estimate of drug-likeness (QED) is 0.395. The Morgan fingerprint density at radius 1 is 1.18 bits per heavy atom. The summed E-state index contributed by atoms with van der Waals surface area (Å²) in [6.07, 6.45) is 4.16. The second kappa shape index (κ2) is 12.2. The molecule has 0 fully saturated rings. The van der Waals surface area contributed by atoms with Gasteiger partial charge >= 0.3 is 0 Å². The molecule has 0 saturated carbocycles. The fourth-order valence-electron chi connectivity index (χ4n) is 1.84. The van der Waals surface area contributed by atoms with E-state index in [4.69, 9.17) is 4.74 Å². The molecule has 4 nitrogen and oxygen atoms in total. The first-order valence-electron chi connectivity index (χ1n) is 7.97. The maximum Gasteiger partial charge on any atom is 0.191 e. The molecule has 0 bridgehead atoms. The van der Waals surface area contributed by atoms with Gasteiger partial charge in [-0.15, -0.1) is 0 Å². The molecule has 1 aromatic carbocycles. The lowest BCUT2D eigenvalue weighted by atomic mass is 10.2. The number of nitrogens with zero attached hydrogens (tertiary/aromatic N) is 1. The number of thioether (sulfide) groups is 1. The molecule has 0 amide bonds. The predicted molar refractivity (Wildman–Crippen MR) is 98.3 cm³/mol. The van der Waals surface area contributed by atoms with Crippen LogP contribution in [0.3, 0.4) is 0 Å². The molecule has 0 aliphatic rings. The van der Waals surface area contributed by atoms with Crippen molar-refractivity contribution < 1.29 is 4.74 Å². The zero-order chi connectivity index (χ0) is 16.0. The van der Waals surface area contributed by atoms with Crippen molar-refractivity contribution in [1.29, 1.82) is 0 Å². The summed E-state index contributed by atoms with van der Waals surface area (Å²) >= 11 is 1.83. The fourth-order valence-corrected chi connectivity index (χ4v) is 2.15. The van der Waals surface area contributed by atoms with Crippen molar-refractivity contribution in [2.45, 2.75) is 26.7 Å². The third-order valence-corrected chi connectivity index (χ3v) is 3.67. The molecule has 0 aliphatic heterocycles. The Kier molecular flexibility index (Phi) is 10.4. The average molecular weight is 324 g/mol. The van der Waals surface area contributed by atoms with E-state index in [1.807, 2.05) is 23.9 Å². The average Bonchev–Trinajstić information content (AvgIpc) is 2.52. The van der Waals surface area contributed by atoms with E-state index in [0.29, 0.717) is 0 Å². The summed E-state index contributed by atoms with van der Waals surface area (Å²) in [7, 11) is 0. The van der Waals surface area contributed by atoms with Gasteiger partial charge < -0.3 is 15.4 Å². The zero-order valence-corrected chi connectivity index (χ0v) is 14.8. The summed E-state index contributed by atoms with van der Waals surface area (Å²) in [6, 6.07) is 8.18. The number of aryl methyl sites for hydroxylation is 1. The summed E-state index contributed by atoms with van der Waals surface area (Å²) in [5, 5.41) is 6.59. The first kappa shape index (κ1) is 18.7. The van der Waals surface area contributed by atoms with E-state index in [0.717, 1.165) is 56.5 Å². The number of aliphatic imine (C=N–C) groups is 1. The van der Waals surface area contributed by atoms with Crippen LogP contribution in [-0.4, -0.2) is 44.2 Å². The lowest BCUT2D eigenvalue weighted by Crippen LogP contribution is -2.38. The van der Waals surface area contributed by atoms with E-state index in [1.165, 1.54) is 5.56 Å². The Balaban J connectivity index is 2.15. The summed E-state index contributed by atoms with van der Waals surface area (Å²) in [5.41, 5.74) is 1.26. The molecule has 0 atom stereocenters. The number of hydrogen-bond donors (Lipinski definition) is 2. The van der Waals surface area contributed by atoms with E-state index < -0.39 is 0 Å². The van der Waals surface area contributed by atoms with Gasteiger partial charge in [0, 0.05) is 25.4 Å². The molecule has 5 heteroatoms. The van der Waals surface area contributed by atoms with Crippen molar-refractivity contribution in [3.8, 4) is 5.75 Å². The van der Waals surface area contributed by atoms with E-state index in [9.17, 15) is 0 Å². The van der Waals surface area contributed by atoms with Gasteiger partial charge in [0.25, 0.3) is 0 Å². The lowest BCUT2D eigenvalue weighted by Gasteiger charge is -2.10. The monoisotopic (exact) mass is 323 g/mol. The second-order valence-electron chi connectivity index (χ2n) is 5.05. The molecule has 0 saturated heterocycles. The third-order valence-electron chi connectivity index (χ3n) is 3.05. The highest BCUT2D eigenvalue weighted by Crippen LogP contribution is 2.11. The van der Waals surface area contributed by atoms with Crippen molar-refractivity contribution in [3.05, 3.63) is 29.8 Å². The van der Waals surface area contributed by atoms with Gasteiger partial charge in [-0.2, -0.15) is 11.8 Å². The Hall–Kier alpha value is -1.36. The molecular formula is C17H29N3OS. The zero-order valence-electron chi connectivity index (χ0n) is 14.0. The summed E-state index contributed by atoms with van der Waals surface area (Å²) < 4.78 is 5.71. The van der Waals surface area contributed by atoms with Crippen LogP contribution >= 0.6 is 11.8 Å². The molecule has 0 aliphatic carbocycles. The number of guanidine groups is 1. The SMILES string of the molecule is CCNC(=NCCCCOc1ccc(C)cc1)NCCSC. The number of nitrogens with one attached hydrogen (secondary N) is 2. The summed E-state index contributed by atoms with van der Waals surface area (Å²) in [6.45, 7) is 7.57. The number of hydrogen-bond acceptors (Lipinski definition) is 3. The second-order valence-corrected chi connectivity index (χ2v) is 6.03. The van der Waals surface area contributed by atoms with E-state index in [-0.39, 0.29) is 0 Å². The topological polar surface area (TPSA) is 45.7 Å². The minimum atomic E-state index is 0.745. The van der Waals surface area contributed by atoms with Gasteiger partial charge in [-0.05, 0) is 45.1 Å². The van der Waals surface area contributed by atoms with Crippen molar-refractivity contribution in [1.82, 2.24) is 10.6 Å². The Bertz CT molecular complexity index is 420. The smallest absolute Gasteiger partial charge is 0.191 e.